The van der Waals surface area contributed by atoms with Gasteiger partial charge in [0.05, 0.1) is 0 Å². The van der Waals surface area contributed by atoms with Gasteiger partial charge in [0.1, 0.15) is 22.8 Å². The van der Waals surface area contributed by atoms with E-state index in [0.29, 0.717) is 10.9 Å². The van der Waals surface area contributed by atoms with E-state index in [2.05, 4.69) is 62.1 Å². The van der Waals surface area contributed by atoms with Crippen LogP contribution >= 0.6 is 34.4 Å². The van der Waals surface area contributed by atoms with Gasteiger partial charge in [-0.25, -0.2) is 9.78 Å². The fourth-order valence-electron chi connectivity index (χ4n) is 4.19. The predicted molar refractivity (Wildman–Crippen MR) is 160 cm³/mol. The van der Waals surface area contributed by atoms with Crippen molar-refractivity contribution in [2.45, 2.75) is 16.8 Å². The number of nitrogens with one attached hydrogen (secondary N) is 1. The van der Waals surface area contributed by atoms with Crippen LogP contribution in [0.3, 0.4) is 0 Å². The van der Waals surface area contributed by atoms with Crippen LogP contribution in [-0.2, 0) is 15.2 Å². The highest BCUT2D eigenvalue weighted by atomic mass is 32.2. The lowest BCUT2D eigenvalue weighted by Gasteiger charge is -2.36. The molecule has 5 rings (SSSR count). The number of aliphatic carboxylic acids is 1. The summed E-state index contributed by atoms with van der Waals surface area (Å²) in [6.45, 7) is 2.11. The van der Waals surface area contributed by atoms with Gasteiger partial charge in [-0.3, -0.25) is 0 Å². The van der Waals surface area contributed by atoms with Crippen molar-refractivity contribution in [3.05, 3.63) is 124 Å². The van der Waals surface area contributed by atoms with Gasteiger partial charge in [-0.2, -0.15) is 0 Å². The summed E-state index contributed by atoms with van der Waals surface area (Å²) in [5.74, 6) is -0.660. The predicted octanol–water partition coefficient (Wildman–Crippen LogP) is 6.30. The third kappa shape index (κ3) is 6.22. The summed E-state index contributed by atoms with van der Waals surface area (Å²) in [4.78, 5) is 22.0. The Morgan fingerprint density at radius 1 is 0.950 bits per heavy atom. The topological polar surface area (TPSA) is 110 Å². The summed E-state index contributed by atoms with van der Waals surface area (Å²) in [5, 5.41) is 28.5. The second-order valence-electron chi connectivity index (χ2n) is 8.52. The van der Waals surface area contributed by atoms with E-state index in [1.54, 1.807) is 5.38 Å². The second kappa shape index (κ2) is 12.9. The fraction of sp³-hybridized carbons (Fsp3) is 0.138. The van der Waals surface area contributed by atoms with Gasteiger partial charge >= 0.3 is 5.97 Å². The van der Waals surface area contributed by atoms with E-state index in [1.807, 2.05) is 61.5 Å². The van der Waals surface area contributed by atoms with Gasteiger partial charge in [-0.1, -0.05) is 119 Å². The van der Waals surface area contributed by atoms with Gasteiger partial charge in [0.15, 0.2) is 9.47 Å². The molecule has 0 radical (unpaired) electrons. The number of hydrogen-bond acceptors (Lipinski definition) is 10. The zero-order chi connectivity index (χ0) is 27.8. The first kappa shape index (κ1) is 27.5. The molecule has 2 aromatic heterocycles. The maximum absolute atomic E-state index is 12.1. The number of aryl methyl sites for hydroxylation is 1. The van der Waals surface area contributed by atoms with Gasteiger partial charge in [0.2, 0.25) is 5.71 Å². The maximum atomic E-state index is 12.1. The summed E-state index contributed by atoms with van der Waals surface area (Å²) in [6, 6.07) is 30.4. The summed E-state index contributed by atoms with van der Waals surface area (Å²) in [5.41, 5.74) is 2.23. The van der Waals surface area contributed by atoms with Gasteiger partial charge in [-0.05, 0) is 23.6 Å². The van der Waals surface area contributed by atoms with Crippen molar-refractivity contribution in [2.24, 2.45) is 5.16 Å². The minimum atomic E-state index is -1.22. The van der Waals surface area contributed by atoms with Crippen molar-refractivity contribution in [3.8, 4) is 0 Å². The molecule has 0 saturated heterocycles. The zero-order valence-electron chi connectivity index (χ0n) is 21.4. The molecular weight excluding hydrogens is 563 g/mol. The fourth-order valence-corrected chi connectivity index (χ4v) is 6.64. The Morgan fingerprint density at radius 2 is 1.52 bits per heavy atom. The molecule has 0 aliphatic rings. The molecule has 202 valence electrons. The lowest BCUT2D eigenvalue weighted by atomic mass is 9.77. The van der Waals surface area contributed by atoms with Crippen LogP contribution in [0.4, 0.5) is 5.13 Å². The first-order valence-electron chi connectivity index (χ1n) is 12.3. The molecule has 0 amide bonds. The van der Waals surface area contributed by atoms with Gasteiger partial charge in [0.25, 0.3) is 0 Å². The van der Waals surface area contributed by atoms with E-state index in [0.717, 1.165) is 26.0 Å². The Morgan fingerprint density at radius 3 is 2.02 bits per heavy atom. The molecule has 8 nitrogen and oxygen atoms in total. The standard InChI is InChI=1S/C29H25N5O3S3/c1-20-32-33-28(40-20)38-18-17-37-34-25(26(35)36)24-19-39-27(30-24)31-29(21-11-5-2-6-12-21,22-13-7-3-8-14-22)23-15-9-4-10-16-23/h2-16,19H,17-18H2,1H3,(H,30,31)(H,35,36)/b34-25+. The highest BCUT2D eigenvalue weighted by molar-refractivity contribution is 8.01. The van der Waals surface area contributed by atoms with Crippen molar-refractivity contribution < 1.29 is 14.7 Å². The molecule has 40 heavy (non-hydrogen) atoms. The summed E-state index contributed by atoms with van der Waals surface area (Å²) in [6.07, 6.45) is 0. The van der Waals surface area contributed by atoms with Crippen LogP contribution in [0.15, 0.2) is 106 Å². The number of carbonyl (C=O) groups is 1. The highest BCUT2D eigenvalue weighted by Crippen LogP contribution is 2.40. The Bertz CT molecular complexity index is 1480. The van der Waals surface area contributed by atoms with Crippen molar-refractivity contribution in [3.63, 3.8) is 0 Å². The van der Waals surface area contributed by atoms with E-state index in [4.69, 9.17) is 4.84 Å². The maximum Gasteiger partial charge on any atom is 0.360 e. The summed E-state index contributed by atoms with van der Waals surface area (Å²) in [7, 11) is 0. The molecule has 3 aromatic carbocycles. The van der Waals surface area contributed by atoms with E-state index < -0.39 is 11.5 Å². The van der Waals surface area contributed by atoms with E-state index in [1.165, 1.54) is 34.4 Å². The molecule has 0 saturated carbocycles. The van der Waals surface area contributed by atoms with Crippen LogP contribution in [0.25, 0.3) is 0 Å². The molecule has 0 atom stereocenters. The lowest BCUT2D eigenvalue weighted by molar-refractivity contribution is -0.129. The zero-order valence-corrected chi connectivity index (χ0v) is 23.9. The highest BCUT2D eigenvalue weighted by Gasteiger charge is 2.37. The molecule has 0 aliphatic carbocycles. The van der Waals surface area contributed by atoms with Crippen molar-refractivity contribution in [2.75, 3.05) is 17.7 Å². The number of benzene rings is 3. The molecule has 0 spiro atoms. The van der Waals surface area contributed by atoms with Crippen molar-refractivity contribution >= 4 is 51.2 Å². The van der Waals surface area contributed by atoms with Crippen LogP contribution in [-0.4, -0.2) is 44.3 Å². The van der Waals surface area contributed by atoms with Crippen LogP contribution in [0.5, 0.6) is 0 Å². The molecule has 0 unspecified atom stereocenters. The number of carboxylic acid groups (broad SMARTS) is 1. The van der Waals surface area contributed by atoms with Crippen LogP contribution in [0.2, 0.25) is 0 Å². The SMILES string of the molecule is Cc1nnc(SCCO/N=C(/C(=O)O)c2csc(NC(c3ccccc3)(c3ccccc3)c3ccccc3)n2)s1. The van der Waals surface area contributed by atoms with E-state index in [9.17, 15) is 9.90 Å². The molecule has 11 heteroatoms. The number of thiazole rings is 1. The number of thioether (sulfide) groups is 1. The minimum Gasteiger partial charge on any atom is -0.476 e. The monoisotopic (exact) mass is 587 g/mol. The first-order chi connectivity index (χ1) is 19.6. The number of carboxylic acids is 1. The van der Waals surface area contributed by atoms with Crippen LogP contribution in [0.1, 0.15) is 27.4 Å². The minimum absolute atomic E-state index is 0.217. The van der Waals surface area contributed by atoms with E-state index >= 15 is 0 Å². The first-order valence-corrected chi connectivity index (χ1v) is 15.0. The second-order valence-corrected chi connectivity index (χ2v) is 11.9. The largest absolute Gasteiger partial charge is 0.476 e. The Hall–Kier alpha value is -4.06. The smallest absolute Gasteiger partial charge is 0.360 e. The van der Waals surface area contributed by atoms with Crippen molar-refractivity contribution in [1.82, 2.24) is 15.2 Å². The molecular formula is C29H25N5O3S3. The summed E-state index contributed by atoms with van der Waals surface area (Å²) < 4.78 is 0.831. The Labute approximate surface area is 243 Å². The number of oxime groups is 1. The Balaban J connectivity index is 1.43. The normalized spacial score (nSPS) is 11.8. The lowest BCUT2D eigenvalue weighted by Crippen LogP contribution is -2.38. The van der Waals surface area contributed by atoms with Gasteiger partial charge in [-0.15, -0.1) is 21.5 Å². The number of anilines is 1. The molecule has 0 aliphatic heterocycles. The average molecular weight is 588 g/mol. The third-order valence-corrected chi connectivity index (χ3v) is 8.62. The quantitative estimate of drug-likeness (QED) is 0.0575. The third-order valence-electron chi connectivity index (χ3n) is 5.93. The number of nitrogens with zero attached hydrogens (tertiary/aromatic N) is 4. The number of aromatic nitrogens is 3. The van der Waals surface area contributed by atoms with Crippen LogP contribution in [0, 0.1) is 6.92 Å². The number of hydrogen-bond donors (Lipinski definition) is 2. The van der Waals surface area contributed by atoms with Crippen molar-refractivity contribution in [1.29, 1.82) is 0 Å². The Kier molecular flexibility index (Phi) is 8.84. The van der Waals surface area contributed by atoms with Gasteiger partial charge < -0.3 is 15.3 Å². The van der Waals surface area contributed by atoms with Crippen LogP contribution < -0.4 is 5.32 Å². The molecule has 5 aromatic rings. The van der Waals surface area contributed by atoms with Gasteiger partial charge in [0, 0.05) is 11.1 Å². The average Bonchev–Trinajstić information content (AvgIpc) is 3.63. The van der Waals surface area contributed by atoms with E-state index in [-0.39, 0.29) is 18.0 Å². The molecule has 2 N–H and O–H groups in total. The molecule has 2 heterocycles. The number of rotatable bonds is 12. The molecule has 0 bridgehead atoms. The molecule has 0 fully saturated rings. The summed E-state index contributed by atoms with van der Waals surface area (Å²) >= 11 is 4.29.